The number of hydrogen-bond acceptors (Lipinski definition) is 3. The molecule has 2 rings (SSSR count). The molecular weight excluding hydrogens is 255 g/mol. The number of nitrogens with two attached hydrogens (primary N) is 1. The number of halogens is 1. The Labute approximate surface area is 118 Å². The quantitative estimate of drug-likeness (QED) is 0.651. The van der Waals surface area contributed by atoms with E-state index in [1.807, 2.05) is 18.2 Å². The molecule has 0 aliphatic heterocycles. The molecule has 3 nitrogen and oxygen atoms in total. The second-order valence-electron chi connectivity index (χ2n) is 4.74. The Morgan fingerprint density at radius 1 is 1.25 bits per heavy atom. The van der Waals surface area contributed by atoms with Crippen molar-refractivity contribution in [3.05, 3.63) is 65.0 Å². The maximum absolute atomic E-state index is 13.8. The lowest BCUT2D eigenvalue weighted by atomic mass is 9.96. The molecule has 0 radical (unpaired) electrons. The van der Waals surface area contributed by atoms with Crippen molar-refractivity contribution in [2.75, 3.05) is 7.11 Å². The Morgan fingerprint density at radius 2 is 2.00 bits per heavy atom. The van der Waals surface area contributed by atoms with Crippen LogP contribution in [0.4, 0.5) is 4.39 Å². The van der Waals surface area contributed by atoms with Crippen LogP contribution in [0.2, 0.25) is 0 Å². The summed E-state index contributed by atoms with van der Waals surface area (Å²) in [4.78, 5) is 0. The van der Waals surface area contributed by atoms with Crippen molar-refractivity contribution >= 4 is 0 Å². The molecule has 106 valence electrons. The number of hydrogen-bond donors (Lipinski definition) is 2. The fourth-order valence-corrected chi connectivity index (χ4v) is 2.23. The van der Waals surface area contributed by atoms with Crippen molar-refractivity contribution in [2.45, 2.75) is 19.4 Å². The SMILES string of the molecule is COc1ccc(C(Cc2ccccc2C)NN)cc1F. The first-order valence-electron chi connectivity index (χ1n) is 6.49. The molecule has 0 aliphatic rings. The standard InChI is InChI=1S/C16H19FN2O/c1-11-5-3-4-6-12(11)10-15(19-18)13-7-8-16(20-2)14(17)9-13/h3-9,15,19H,10,18H2,1-2H3. The van der Waals surface area contributed by atoms with Gasteiger partial charge in [-0.3, -0.25) is 11.3 Å². The number of hydrazine groups is 1. The molecule has 0 amide bonds. The molecule has 0 saturated carbocycles. The second-order valence-corrected chi connectivity index (χ2v) is 4.74. The van der Waals surface area contributed by atoms with Gasteiger partial charge in [-0.15, -0.1) is 0 Å². The zero-order valence-corrected chi connectivity index (χ0v) is 11.7. The molecular formula is C16H19FN2O. The summed E-state index contributed by atoms with van der Waals surface area (Å²) in [7, 11) is 1.45. The normalized spacial score (nSPS) is 12.2. The van der Waals surface area contributed by atoms with Gasteiger partial charge in [-0.1, -0.05) is 30.3 Å². The maximum atomic E-state index is 13.8. The van der Waals surface area contributed by atoms with Crippen LogP contribution in [0.1, 0.15) is 22.7 Å². The van der Waals surface area contributed by atoms with Crippen LogP contribution < -0.4 is 16.0 Å². The van der Waals surface area contributed by atoms with E-state index in [4.69, 9.17) is 10.6 Å². The molecule has 0 bridgehead atoms. The third-order valence-electron chi connectivity index (χ3n) is 3.46. The minimum atomic E-state index is -0.380. The van der Waals surface area contributed by atoms with Crippen molar-refractivity contribution in [3.8, 4) is 5.75 Å². The van der Waals surface area contributed by atoms with Crippen molar-refractivity contribution in [3.63, 3.8) is 0 Å². The number of ether oxygens (including phenoxy) is 1. The molecule has 0 aliphatic carbocycles. The first kappa shape index (κ1) is 14.5. The van der Waals surface area contributed by atoms with E-state index >= 15 is 0 Å². The van der Waals surface area contributed by atoms with Gasteiger partial charge in [-0.25, -0.2) is 4.39 Å². The van der Waals surface area contributed by atoms with Crippen LogP contribution in [0.5, 0.6) is 5.75 Å². The molecule has 1 unspecified atom stereocenters. The van der Waals surface area contributed by atoms with E-state index in [0.717, 1.165) is 5.56 Å². The van der Waals surface area contributed by atoms with E-state index in [0.29, 0.717) is 6.42 Å². The summed E-state index contributed by atoms with van der Waals surface area (Å²) >= 11 is 0. The zero-order chi connectivity index (χ0) is 14.5. The largest absolute Gasteiger partial charge is 0.494 e. The minimum absolute atomic E-state index is 0.142. The summed E-state index contributed by atoms with van der Waals surface area (Å²) in [6, 6.07) is 12.9. The number of methoxy groups -OCH3 is 1. The van der Waals surface area contributed by atoms with Gasteiger partial charge in [-0.05, 0) is 42.2 Å². The van der Waals surface area contributed by atoms with Crippen molar-refractivity contribution in [1.29, 1.82) is 0 Å². The van der Waals surface area contributed by atoms with Gasteiger partial charge in [-0.2, -0.15) is 0 Å². The van der Waals surface area contributed by atoms with E-state index in [1.165, 1.54) is 24.3 Å². The summed E-state index contributed by atoms with van der Waals surface area (Å²) < 4.78 is 18.7. The molecule has 1 atom stereocenters. The van der Waals surface area contributed by atoms with Gasteiger partial charge in [0.05, 0.1) is 13.2 Å². The maximum Gasteiger partial charge on any atom is 0.165 e. The van der Waals surface area contributed by atoms with E-state index in [9.17, 15) is 4.39 Å². The van der Waals surface area contributed by atoms with E-state index in [-0.39, 0.29) is 17.6 Å². The molecule has 0 spiro atoms. The smallest absolute Gasteiger partial charge is 0.165 e. The highest BCUT2D eigenvalue weighted by atomic mass is 19.1. The second kappa shape index (κ2) is 6.50. The lowest BCUT2D eigenvalue weighted by Gasteiger charge is -2.18. The van der Waals surface area contributed by atoms with E-state index in [2.05, 4.69) is 24.5 Å². The molecule has 2 aromatic rings. The molecule has 0 fully saturated rings. The summed E-state index contributed by atoms with van der Waals surface area (Å²) in [6.07, 6.45) is 0.703. The van der Waals surface area contributed by atoms with Gasteiger partial charge in [0.25, 0.3) is 0 Å². The molecule has 4 heteroatoms. The molecule has 0 saturated heterocycles. The number of benzene rings is 2. The predicted molar refractivity (Wildman–Crippen MR) is 77.9 cm³/mol. The predicted octanol–water partition coefficient (Wildman–Crippen LogP) is 2.89. The van der Waals surface area contributed by atoms with Crippen molar-refractivity contribution in [1.82, 2.24) is 5.43 Å². The van der Waals surface area contributed by atoms with Gasteiger partial charge < -0.3 is 4.74 Å². The number of nitrogens with one attached hydrogen (secondary N) is 1. The highest BCUT2D eigenvalue weighted by molar-refractivity contribution is 5.33. The van der Waals surface area contributed by atoms with Gasteiger partial charge >= 0.3 is 0 Å². The topological polar surface area (TPSA) is 47.3 Å². The third kappa shape index (κ3) is 3.15. The molecule has 0 heterocycles. The third-order valence-corrected chi connectivity index (χ3v) is 3.46. The van der Waals surface area contributed by atoms with Gasteiger partial charge in [0.15, 0.2) is 11.6 Å². The molecule has 0 aromatic heterocycles. The average Bonchev–Trinajstić information content (AvgIpc) is 2.46. The number of rotatable bonds is 5. The van der Waals surface area contributed by atoms with Crippen LogP contribution in [-0.4, -0.2) is 7.11 Å². The molecule has 3 N–H and O–H groups in total. The van der Waals surface area contributed by atoms with Crippen LogP contribution in [0.15, 0.2) is 42.5 Å². The molecule has 20 heavy (non-hydrogen) atoms. The Hall–Kier alpha value is -1.91. The summed E-state index contributed by atoms with van der Waals surface area (Å²) in [5, 5.41) is 0. The van der Waals surface area contributed by atoms with E-state index < -0.39 is 0 Å². The van der Waals surface area contributed by atoms with Crippen LogP contribution in [-0.2, 0) is 6.42 Å². The van der Waals surface area contributed by atoms with Crippen LogP contribution in [0.3, 0.4) is 0 Å². The fraction of sp³-hybridized carbons (Fsp3) is 0.250. The fourth-order valence-electron chi connectivity index (χ4n) is 2.23. The summed E-state index contributed by atoms with van der Waals surface area (Å²) in [6.45, 7) is 2.05. The van der Waals surface area contributed by atoms with Crippen molar-refractivity contribution in [2.24, 2.45) is 5.84 Å². The van der Waals surface area contributed by atoms with Gasteiger partial charge in [0.1, 0.15) is 0 Å². The van der Waals surface area contributed by atoms with Gasteiger partial charge in [0.2, 0.25) is 0 Å². The van der Waals surface area contributed by atoms with Gasteiger partial charge in [0, 0.05) is 0 Å². The highest BCUT2D eigenvalue weighted by Gasteiger charge is 2.14. The summed E-state index contributed by atoms with van der Waals surface area (Å²) in [5.74, 6) is 5.48. The monoisotopic (exact) mass is 274 g/mol. The Kier molecular flexibility index (Phi) is 4.71. The van der Waals surface area contributed by atoms with Crippen LogP contribution in [0, 0.1) is 12.7 Å². The highest BCUT2D eigenvalue weighted by Crippen LogP contribution is 2.24. The summed E-state index contributed by atoms with van der Waals surface area (Å²) in [5.41, 5.74) is 5.93. The van der Waals surface area contributed by atoms with E-state index in [1.54, 1.807) is 6.07 Å². The van der Waals surface area contributed by atoms with Crippen molar-refractivity contribution < 1.29 is 9.13 Å². The first-order chi connectivity index (χ1) is 9.65. The lowest BCUT2D eigenvalue weighted by molar-refractivity contribution is 0.385. The molecule has 2 aromatic carbocycles. The average molecular weight is 274 g/mol. The lowest BCUT2D eigenvalue weighted by Crippen LogP contribution is -2.29. The van der Waals surface area contributed by atoms with Crippen LogP contribution in [0.25, 0.3) is 0 Å². The van der Waals surface area contributed by atoms with Crippen LogP contribution >= 0.6 is 0 Å². The Bertz CT molecular complexity index is 586. The minimum Gasteiger partial charge on any atom is -0.494 e. The Morgan fingerprint density at radius 3 is 2.60 bits per heavy atom. The Balaban J connectivity index is 2.24. The zero-order valence-electron chi connectivity index (χ0n) is 11.7. The first-order valence-corrected chi connectivity index (χ1v) is 6.49. The number of aryl methyl sites for hydroxylation is 1.